The molecule has 0 radical (unpaired) electrons. The van der Waals surface area contributed by atoms with E-state index in [1.165, 1.54) is 23.5 Å². The van der Waals surface area contributed by atoms with Crippen LogP contribution in [0.25, 0.3) is 21.0 Å². The standard InChI is InChI=1S/C18H12FNO2S/c19-13-3-6-17-16(9-13)20-18(23-17)10-22-15-5-2-11-1-4-14(21)7-12(11)8-15/h1-9,21H,10H2. The minimum Gasteiger partial charge on any atom is -0.508 e. The number of thiazole rings is 1. The Kier molecular flexibility index (Phi) is 3.35. The first kappa shape index (κ1) is 14.0. The van der Waals surface area contributed by atoms with Crippen molar-refractivity contribution in [1.29, 1.82) is 0 Å². The molecule has 0 fully saturated rings. The van der Waals surface area contributed by atoms with E-state index >= 15 is 0 Å². The molecule has 4 aromatic rings. The quantitative estimate of drug-likeness (QED) is 0.584. The van der Waals surface area contributed by atoms with Gasteiger partial charge in [0.1, 0.15) is 28.9 Å². The summed E-state index contributed by atoms with van der Waals surface area (Å²) in [5, 5.41) is 12.3. The van der Waals surface area contributed by atoms with E-state index in [9.17, 15) is 9.50 Å². The minimum absolute atomic E-state index is 0.225. The molecule has 0 atom stereocenters. The van der Waals surface area contributed by atoms with Gasteiger partial charge in [-0.2, -0.15) is 0 Å². The highest BCUT2D eigenvalue weighted by Gasteiger charge is 2.06. The summed E-state index contributed by atoms with van der Waals surface area (Å²) in [5.74, 6) is 0.640. The predicted octanol–water partition coefficient (Wildman–Crippen LogP) is 4.87. The van der Waals surface area contributed by atoms with Crippen molar-refractivity contribution in [3.8, 4) is 11.5 Å². The van der Waals surface area contributed by atoms with Crippen LogP contribution in [0.4, 0.5) is 4.39 Å². The number of aromatic hydroxyl groups is 1. The molecule has 0 aliphatic heterocycles. The molecule has 3 aromatic carbocycles. The van der Waals surface area contributed by atoms with Crippen molar-refractivity contribution < 1.29 is 14.2 Å². The Balaban J connectivity index is 1.57. The van der Waals surface area contributed by atoms with Gasteiger partial charge in [0.15, 0.2) is 0 Å². The smallest absolute Gasteiger partial charge is 0.140 e. The van der Waals surface area contributed by atoms with Gasteiger partial charge in [-0.05, 0) is 47.2 Å². The number of phenolic OH excluding ortho intramolecular Hbond substituents is 1. The topological polar surface area (TPSA) is 42.4 Å². The largest absolute Gasteiger partial charge is 0.508 e. The average Bonchev–Trinajstić information content (AvgIpc) is 2.94. The van der Waals surface area contributed by atoms with Crippen LogP contribution in [-0.4, -0.2) is 10.1 Å². The summed E-state index contributed by atoms with van der Waals surface area (Å²) in [5.41, 5.74) is 0.650. The van der Waals surface area contributed by atoms with Gasteiger partial charge in [-0.1, -0.05) is 12.1 Å². The van der Waals surface area contributed by atoms with Crippen LogP contribution in [-0.2, 0) is 6.61 Å². The van der Waals surface area contributed by atoms with E-state index in [1.807, 2.05) is 24.3 Å². The van der Waals surface area contributed by atoms with E-state index in [2.05, 4.69) is 4.98 Å². The molecule has 23 heavy (non-hydrogen) atoms. The van der Waals surface area contributed by atoms with Crippen molar-refractivity contribution in [3.63, 3.8) is 0 Å². The highest BCUT2D eigenvalue weighted by Crippen LogP contribution is 2.27. The van der Waals surface area contributed by atoms with Crippen molar-refractivity contribution in [2.45, 2.75) is 6.61 Å². The summed E-state index contributed by atoms with van der Waals surface area (Å²) < 4.78 is 19.9. The summed E-state index contributed by atoms with van der Waals surface area (Å²) in [6.07, 6.45) is 0. The van der Waals surface area contributed by atoms with Gasteiger partial charge in [0.25, 0.3) is 0 Å². The number of hydrogen-bond acceptors (Lipinski definition) is 4. The Morgan fingerprint density at radius 2 is 1.87 bits per heavy atom. The number of aromatic nitrogens is 1. The third-order valence-electron chi connectivity index (χ3n) is 3.55. The van der Waals surface area contributed by atoms with Crippen LogP contribution in [0.5, 0.6) is 11.5 Å². The van der Waals surface area contributed by atoms with Crippen LogP contribution in [0.2, 0.25) is 0 Å². The Bertz CT molecular complexity index is 1010. The molecule has 0 unspecified atom stereocenters. The maximum Gasteiger partial charge on any atom is 0.140 e. The first-order chi connectivity index (χ1) is 11.2. The Hall–Kier alpha value is -2.66. The van der Waals surface area contributed by atoms with Gasteiger partial charge < -0.3 is 9.84 Å². The van der Waals surface area contributed by atoms with Crippen molar-refractivity contribution in [1.82, 2.24) is 4.98 Å². The molecular weight excluding hydrogens is 313 g/mol. The molecule has 0 spiro atoms. The molecule has 3 nitrogen and oxygen atoms in total. The highest BCUT2D eigenvalue weighted by atomic mass is 32.1. The SMILES string of the molecule is Oc1ccc2ccc(OCc3nc4cc(F)ccc4s3)cc2c1. The van der Waals surface area contributed by atoms with Crippen molar-refractivity contribution in [2.75, 3.05) is 0 Å². The second-order valence-corrected chi connectivity index (χ2v) is 6.32. The summed E-state index contributed by atoms with van der Waals surface area (Å²) in [7, 11) is 0. The number of nitrogens with zero attached hydrogens (tertiary/aromatic N) is 1. The minimum atomic E-state index is -0.287. The average molecular weight is 325 g/mol. The number of hydrogen-bond donors (Lipinski definition) is 1. The Morgan fingerprint density at radius 3 is 2.78 bits per heavy atom. The lowest BCUT2D eigenvalue weighted by Gasteiger charge is -2.06. The highest BCUT2D eigenvalue weighted by molar-refractivity contribution is 7.18. The monoisotopic (exact) mass is 325 g/mol. The van der Waals surface area contributed by atoms with Crippen molar-refractivity contribution in [3.05, 3.63) is 65.4 Å². The van der Waals surface area contributed by atoms with E-state index in [1.54, 1.807) is 18.2 Å². The number of fused-ring (bicyclic) bond motifs is 2. The zero-order valence-corrected chi connectivity index (χ0v) is 12.8. The number of halogens is 1. The zero-order valence-electron chi connectivity index (χ0n) is 12.0. The lowest BCUT2D eigenvalue weighted by Crippen LogP contribution is -1.94. The fraction of sp³-hybridized carbons (Fsp3) is 0.0556. The van der Waals surface area contributed by atoms with Crippen LogP contribution in [0.3, 0.4) is 0 Å². The summed E-state index contributed by atoms with van der Waals surface area (Å²) in [6, 6.07) is 15.5. The van der Waals surface area contributed by atoms with Crippen molar-refractivity contribution in [2.24, 2.45) is 0 Å². The maximum absolute atomic E-state index is 13.2. The number of benzene rings is 3. The summed E-state index contributed by atoms with van der Waals surface area (Å²) in [6.45, 7) is 0.325. The van der Waals surface area contributed by atoms with Gasteiger partial charge in [0.05, 0.1) is 10.2 Å². The maximum atomic E-state index is 13.2. The van der Waals surface area contributed by atoms with Gasteiger partial charge in [-0.15, -0.1) is 11.3 Å². The van der Waals surface area contributed by atoms with Crippen LogP contribution in [0.15, 0.2) is 54.6 Å². The Morgan fingerprint density at radius 1 is 1.00 bits per heavy atom. The molecule has 114 valence electrons. The molecule has 0 amide bonds. The zero-order chi connectivity index (χ0) is 15.8. The van der Waals surface area contributed by atoms with Crippen LogP contribution >= 0.6 is 11.3 Å². The molecule has 0 aliphatic carbocycles. The third-order valence-corrected chi connectivity index (χ3v) is 4.56. The lowest BCUT2D eigenvalue weighted by molar-refractivity contribution is 0.306. The third kappa shape index (κ3) is 2.83. The van der Waals surface area contributed by atoms with Gasteiger partial charge in [0, 0.05) is 6.07 Å². The predicted molar refractivity (Wildman–Crippen MR) is 89.5 cm³/mol. The van der Waals surface area contributed by atoms with Gasteiger partial charge in [0.2, 0.25) is 0 Å². The van der Waals surface area contributed by atoms with Crippen molar-refractivity contribution >= 4 is 32.3 Å². The van der Waals surface area contributed by atoms with E-state index in [0.717, 1.165) is 20.5 Å². The fourth-order valence-corrected chi connectivity index (χ4v) is 3.32. The number of rotatable bonds is 3. The fourth-order valence-electron chi connectivity index (χ4n) is 2.46. The second-order valence-electron chi connectivity index (χ2n) is 5.20. The van der Waals surface area contributed by atoms with E-state index in [4.69, 9.17) is 4.74 Å². The molecule has 0 saturated heterocycles. The van der Waals surface area contributed by atoms with E-state index in [0.29, 0.717) is 17.9 Å². The molecule has 1 aromatic heterocycles. The Labute approximate surface area is 135 Å². The van der Waals surface area contributed by atoms with E-state index in [-0.39, 0.29) is 11.6 Å². The molecule has 0 aliphatic rings. The molecular formula is C18H12FNO2S. The summed E-state index contributed by atoms with van der Waals surface area (Å²) in [4.78, 5) is 4.38. The molecule has 0 bridgehead atoms. The van der Waals surface area contributed by atoms with Gasteiger partial charge >= 0.3 is 0 Å². The van der Waals surface area contributed by atoms with Gasteiger partial charge in [-0.3, -0.25) is 0 Å². The normalized spacial score (nSPS) is 11.2. The molecule has 5 heteroatoms. The first-order valence-corrected chi connectivity index (χ1v) is 7.90. The van der Waals surface area contributed by atoms with Crippen LogP contribution in [0, 0.1) is 5.82 Å². The number of ether oxygens (including phenoxy) is 1. The first-order valence-electron chi connectivity index (χ1n) is 7.08. The number of phenols is 1. The summed E-state index contributed by atoms with van der Waals surface area (Å²) >= 11 is 1.49. The second kappa shape index (κ2) is 5.52. The lowest BCUT2D eigenvalue weighted by atomic mass is 10.1. The molecule has 0 saturated carbocycles. The molecule has 1 N–H and O–H groups in total. The molecule has 1 heterocycles. The van der Waals surface area contributed by atoms with Crippen LogP contribution < -0.4 is 4.74 Å². The van der Waals surface area contributed by atoms with Crippen LogP contribution in [0.1, 0.15) is 5.01 Å². The van der Waals surface area contributed by atoms with E-state index < -0.39 is 0 Å². The molecule has 4 rings (SSSR count). The van der Waals surface area contributed by atoms with Gasteiger partial charge in [-0.25, -0.2) is 9.37 Å².